The number of hydrogen-bond donors (Lipinski definition) is 2. The van der Waals surface area contributed by atoms with Crippen LogP contribution in [0.4, 0.5) is 5.69 Å². The SMILES string of the molecule is CCCC1CCC(c2ccc(NC3CCC(C4CCC(N)CC4)CC3)cc2)CC1. The van der Waals surface area contributed by atoms with Crippen LogP contribution in [0, 0.1) is 17.8 Å². The summed E-state index contributed by atoms with van der Waals surface area (Å²) in [6.45, 7) is 2.33. The fourth-order valence-corrected chi connectivity index (χ4v) is 6.63. The van der Waals surface area contributed by atoms with Gasteiger partial charge in [0.15, 0.2) is 0 Å². The standard InChI is InChI=1S/C27H44N2/c1-2-3-20-4-6-21(7-5-20)23-10-16-26(17-11-23)29-27-18-12-24(13-19-27)22-8-14-25(28)15-9-22/h10-11,16-17,20-22,24-25,27,29H,2-9,12-15,18-19,28H2,1H3. The zero-order valence-electron chi connectivity index (χ0n) is 18.8. The van der Waals surface area contributed by atoms with Gasteiger partial charge in [-0.15, -0.1) is 0 Å². The molecule has 2 nitrogen and oxygen atoms in total. The Morgan fingerprint density at radius 2 is 1.34 bits per heavy atom. The molecule has 0 bridgehead atoms. The Bertz CT molecular complexity index is 585. The maximum absolute atomic E-state index is 6.10. The Labute approximate surface area is 179 Å². The van der Waals surface area contributed by atoms with Gasteiger partial charge < -0.3 is 11.1 Å². The number of rotatable bonds is 6. The number of nitrogens with one attached hydrogen (secondary N) is 1. The first kappa shape index (κ1) is 21.2. The average Bonchev–Trinajstić information content (AvgIpc) is 2.76. The predicted molar refractivity (Wildman–Crippen MR) is 125 cm³/mol. The van der Waals surface area contributed by atoms with E-state index in [1.165, 1.54) is 95.6 Å². The lowest BCUT2D eigenvalue weighted by atomic mass is 9.71. The first-order valence-electron chi connectivity index (χ1n) is 12.8. The fraction of sp³-hybridized carbons (Fsp3) is 0.778. The summed E-state index contributed by atoms with van der Waals surface area (Å²) < 4.78 is 0. The second kappa shape index (κ2) is 10.3. The predicted octanol–water partition coefficient (Wildman–Crippen LogP) is 7.25. The molecule has 0 saturated heterocycles. The molecule has 3 saturated carbocycles. The fourth-order valence-electron chi connectivity index (χ4n) is 6.63. The zero-order chi connectivity index (χ0) is 20.1. The van der Waals surface area contributed by atoms with Crippen molar-refractivity contribution in [2.75, 3.05) is 5.32 Å². The molecule has 0 unspecified atom stereocenters. The highest BCUT2D eigenvalue weighted by molar-refractivity contribution is 5.46. The van der Waals surface area contributed by atoms with E-state index in [-0.39, 0.29) is 0 Å². The summed E-state index contributed by atoms with van der Waals surface area (Å²) in [5.74, 6) is 3.72. The molecular formula is C27H44N2. The summed E-state index contributed by atoms with van der Waals surface area (Å²) in [5.41, 5.74) is 9.01. The molecule has 1 aromatic carbocycles. The van der Waals surface area contributed by atoms with Crippen LogP contribution in [0.1, 0.15) is 108 Å². The topological polar surface area (TPSA) is 38.0 Å². The molecule has 0 aromatic heterocycles. The Kier molecular flexibility index (Phi) is 7.56. The van der Waals surface area contributed by atoms with E-state index in [1.54, 1.807) is 5.56 Å². The van der Waals surface area contributed by atoms with Gasteiger partial charge in [-0.05, 0) is 118 Å². The molecule has 162 valence electrons. The van der Waals surface area contributed by atoms with Crippen molar-refractivity contribution < 1.29 is 0 Å². The molecule has 0 heterocycles. The lowest BCUT2D eigenvalue weighted by Crippen LogP contribution is -2.33. The molecule has 0 amide bonds. The second-order valence-electron chi connectivity index (χ2n) is 10.6. The lowest BCUT2D eigenvalue weighted by Gasteiger charge is -2.37. The lowest BCUT2D eigenvalue weighted by molar-refractivity contribution is 0.181. The Balaban J connectivity index is 1.21. The zero-order valence-corrected chi connectivity index (χ0v) is 18.8. The van der Waals surface area contributed by atoms with Gasteiger partial charge in [0.1, 0.15) is 0 Å². The minimum absolute atomic E-state index is 0.485. The summed E-state index contributed by atoms with van der Waals surface area (Å²) in [7, 11) is 0. The number of anilines is 1. The maximum atomic E-state index is 6.10. The molecule has 29 heavy (non-hydrogen) atoms. The van der Waals surface area contributed by atoms with Gasteiger partial charge in [-0.1, -0.05) is 31.9 Å². The molecule has 0 radical (unpaired) electrons. The van der Waals surface area contributed by atoms with E-state index in [0.717, 1.165) is 23.7 Å². The third-order valence-corrected chi connectivity index (χ3v) is 8.55. The summed E-state index contributed by atoms with van der Waals surface area (Å²) in [5, 5.41) is 3.85. The Morgan fingerprint density at radius 1 is 0.759 bits per heavy atom. The largest absolute Gasteiger partial charge is 0.382 e. The van der Waals surface area contributed by atoms with Crippen molar-refractivity contribution in [3.8, 4) is 0 Å². The molecule has 0 atom stereocenters. The average molecular weight is 397 g/mol. The second-order valence-corrected chi connectivity index (χ2v) is 10.6. The van der Waals surface area contributed by atoms with Crippen LogP contribution in [0.5, 0.6) is 0 Å². The summed E-state index contributed by atoms with van der Waals surface area (Å²) in [4.78, 5) is 0. The number of hydrogen-bond acceptors (Lipinski definition) is 2. The van der Waals surface area contributed by atoms with Crippen molar-refractivity contribution in [3.05, 3.63) is 29.8 Å². The van der Waals surface area contributed by atoms with Gasteiger partial charge in [0.25, 0.3) is 0 Å². The molecule has 1 aromatic rings. The van der Waals surface area contributed by atoms with Crippen LogP contribution in [0.2, 0.25) is 0 Å². The van der Waals surface area contributed by atoms with Gasteiger partial charge in [-0.2, -0.15) is 0 Å². The van der Waals surface area contributed by atoms with E-state index in [1.807, 2.05) is 0 Å². The van der Waals surface area contributed by atoms with Gasteiger partial charge in [-0.25, -0.2) is 0 Å². The van der Waals surface area contributed by atoms with E-state index in [2.05, 4.69) is 36.5 Å². The summed E-state index contributed by atoms with van der Waals surface area (Å²) >= 11 is 0. The van der Waals surface area contributed by atoms with E-state index in [0.29, 0.717) is 12.1 Å². The van der Waals surface area contributed by atoms with Crippen LogP contribution in [0.3, 0.4) is 0 Å². The molecule has 2 heteroatoms. The van der Waals surface area contributed by atoms with Crippen LogP contribution in [-0.4, -0.2) is 12.1 Å². The highest BCUT2D eigenvalue weighted by Gasteiger charge is 2.30. The third-order valence-electron chi connectivity index (χ3n) is 8.55. The molecule has 4 rings (SSSR count). The molecule has 0 aliphatic heterocycles. The van der Waals surface area contributed by atoms with Crippen molar-refractivity contribution in [1.82, 2.24) is 0 Å². The molecule has 3 N–H and O–H groups in total. The van der Waals surface area contributed by atoms with Gasteiger partial charge in [0, 0.05) is 17.8 Å². The van der Waals surface area contributed by atoms with Crippen LogP contribution >= 0.6 is 0 Å². The van der Waals surface area contributed by atoms with Gasteiger partial charge in [-0.3, -0.25) is 0 Å². The van der Waals surface area contributed by atoms with E-state index in [9.17, 15) is 0 Å². The van der Waals surface area contributed by atoms with Crippen LogP contribution in [-0.2, 0) is 0 Å². The van der Waals surface area contributed by atoms with Crippen LogP contribution in [0.25, 0.3) is 0 Å². The summed E-state index contributed by atoms with van der Waals surface area (Å²) in [6, 6.07) is 10.7. The van der Waals surface area contributed by atoms with E-state index in [4.69, 9.17) is 5.73 Å². The highest BCUT2D eigenvalue weighted by atomic mass is 14.9. The molecule has 3 fully saturated rings. The maximum Gasteiger partial charge on any atom is 0.0342 e. The minimum atomic E-state index is 0.485. The van der Waals surface area contributed by atoms with E-state index < -0.39 is 0 Å². The van der Waals surface area contributed by atoms with Gasteiger partial charge in [0.05, 0.1) is 0 Å². The molecule has 3 aliphatic carbocycles. The number of nitrogens with two attached hydrogens (primary N) is 1. The monoisotopic (exact) mass is 396 g/mol. The highest BCUT2D eigenvalue weighted by Crippen LogP contribution is 2.40. The van der Waals surface area contributed by atoms with Crippen molar-refractivity contribution in [1.29, 1.82) is 0 Å². The van der Waals surface area contributed by atoms with Gasteiger partial charge in [0.2, 0.25) is 0 Å². The van der Waals surface area contributed by atoms with E-state index >= 15 is 0 Å². The Hall–Kier alpha value is -1.02. The molecular weight excluding hydrogens is 352 g/mol. The van der Waals surface area contributed by atoms with Crippen LogP contribution in [0.15, 0.2) is 24.3 Å². The van der Waals surface area contributed by atoms with Crippen molar-refractivity contribution in [2.45, 2.75) is 115 Å². The van der Waals surface area contributed by atoms with Crippen molar-refractivity contribution in [2.24, 2.45) is 23.5 Å². The molecule has 0 spiro atoms. The van der Waals surface area contributed by atoms with Crippen LogP contribution < -0.4 is 11.1 Å². The van der Waals surface area contributed by atoms with Crippen molar-refractivity contribution >= 4 is 5.69 Å². The smallest absolute Gasteiger partial charge is 0.0342 e. The first-order valence-corrected chi connectivity index (χ1v) is 12.8. The van der Waals surface area contributed by atoms with Crippen molar-refractivity contribution in [3.63, 3.8) is 0 Å². The third kappa shape index (κ3) is 5.78. The number of benzene rings is 1. The molecule has 3 aliphatic rings. The summed E-state index contributed by atoms with van der Waals surface area (Å²) in [6.07, 6.45) is 19.3. The Morgan fingerprint density at radius 3 is 1.93 bits per heavy atom. The normalized spacial score (nSPS) is 35.9. The first-order chi connectivity index (χ1) is 14.2. The minimum Gasteiger partial charge on any atom is -0.382 e. The quantitative estimate of drug-likeness (QED) is 0.531. The van der Waals surface area contributed by atoms with Gasteiger partial charge >= 0.3 is 0 Å².